The molecule has 8 rings (SSSR count). The van der Waals surface area contributed by atoms with Crippen LogP contribution in [0.15, 0.2) is 72.8 Å². The maximum Gasteiger partial charge on any atom is 0.320 e. The smallest absolute Gasteiger partial charge is 0.320 e. The molecule has 688 valence electrons. The number of hydrogen-bond donors (Lipinski definition) is 14. The van der Waals surface area contributed by atoms with E-state index in [1.807, 2.05) is 112 Å². The molecule has 0 fully saturated rings. The van der Waals surface area contributed by atoms with Crippen molar-refractivity contribution in [1.29, 1.82) is 0 Å². The molecule has 0 saturated heterocycles. The van der Waals surface area contributed by atoms with E-state index in [9.17, 15) is 79.2 Å². The van der Waals surface area contributed by atoms with Gasteiger partial charge in [-0.25, -0.2) is 0 Å². The van der Waals surface area contributed by atoms with Gasteiger partial charge in [0.05, 0.1) is 84.8 Å². The van der Waals surface area contributed by atoms with Gasteiger partial charge < -0.3 is 92.4 Å². The van der Waals surface area contributed by atoms with E-state index in [-0.39, 0.29) is 160 Å². The summed E-state index contributed by atoms with van der Waals surface area (Å²) in [5, 5.41) is 101. The van der Waals surface area contributed by atoms with Gasteiger partial charge in [-0.1, -0.05) is 24.3 Å². The molecule has 0 spiro atoms. The molecule has 0 saturated carbocycles. The fourth-order valence-electron chi connectivity index (χ4n) is 15.1. The number of nitrogens with zero attached hydrogens (tertiary/aromatic N) is 16. The second-order valence-corrected chi connectivity index (χ2v) is 31.9. The van der Waals surface area contributed by atoms with Crippen LogP contribution in [0.1, 0.15) is 84.1 Å². The summed E-state index contributed by atoms with van der Waals surface area (Å²) in [6.07, 6.45) is 2.82. The summed E-state index contributed by atoms with van der Waals surface area (Å²) in [5.41, 5.74) is 5.36. The molecular formula is C79H120Mn4N22O16S3. The number of rotatable bonds is 38. The molecule has 4 aliphatic heterocycles. The Bertz CT molecular complexity index is 3690. The average molecular weight is 1950 g/mol. The Morgan fingerprint density at radius 3 is 0.645 bits per heavy atom. The molecule has 2 unspecified atom stereocenters. The zero-order chi connectivity index (χ0) is 86.1. The molecule has 2 atom stereocenters. The molecule has 4 radical (unpaired) electrons. The summed E-state index contributed by atoms with van der Waals surface area (Å²) in [6, 6.07) is 20.1. The van der Waals surface area contributed by atoms with Gasteiger partial charge in [-0.3, -0.25) is 97.5 Å². The molecule has 45 heteroatoms. The summed E-state index contributed by atoms with van der Waals surface area (Å²) in [4.78, 5) is 141. The van der Waals surface area contributed by atoms with E-state index in [4.69, 9.17) is 56.6 Å². The van der Waals surface area contributed by atoms with Crippen LogP contribution in [-0.2, 0) is 159 Å². The van der Waals surface area contributed by atoms with Crippen molar-refractivity contribution in [1.82, 2.24) is 111 Å². The van der Waals surface area contributed by atoms with Crippen LogP contribution in [0.3, 0.4) is 0 Å². The fourth-order valence-corrected chi connectivity index (χ4v) is 15.7. The van der Waals surface area contributed by atoms with E-state index < -0.39 is 59.8 Å². The van der Waals surface area contributed by atoms with Crippen molar-refractivity contribution in [3.05, 3.63) is 118 Å². The number of fused-ring (bicyclic) bond motifs is 8. The summed E-state index contributed by atoms with van der Waals surface area (Å²) in [6.45, 7) is 12.9. The largest absolute Gasteiger partial charge is 0.480 e. The first-order chi connectivity index (χ1) is 57.7. The molecule has 4 aromatic rings. The zero-order valence-corrected chi connectivity index (χ0v) is 77.0. The Morgan fingerprint density at radius 2 is 0.452 bits per heavy atom. The van der Waals surface area contributed by atoms with Crippen LogP contribution in [0.5, 0.6) is 0 Å². The van der Waals surface area contributed by atoms with Crippen molar-refractivity contribution in [2.75, 3.05) is 209 Å². The van der Waals surface area contributed by atoms with Crippen LogP contribution >= 0.6 is 36.7 Å². The van der Waals surface area contributed by atoms with Gasteiger partial charge in [-0.05, 0) is 150 Å². The van der Waals surface area contributed by atoms with E-state index in [2.05, 4.69) is 51.5 Å². The Kier molecular flexibility index (Phi) is 52.9. The number of nitrogens with one attached hydrogen (secondary N) is 6. The minimum Gasteiger partial charge on any atom is -0.480 e. The molecule has 0 amide bonds. The summed E-state index contributed by atoms with van der Waals surface area (Å²) >= 11 is 17.3. The third kappa shape index (κ3) is 43.7. The Labute approximate surface area is 783 Å². The minimum absolute atomic E-state index is 0. The van der Waals surface area contributed by atoms with E-state index in [0.29, 0.717) is 270 Å². The van der Waals surface area contributed by atoms with Crippen molar-refractivity contribution in [3.63, 3.8) is 0 Å². The van der Waals surface area contributed by atoms with Gasteiger partial charge in [-0.15, -0.1) is 0 Å². The Morgan fingerprint density at radius 1 is 0.274 bits per heavy atom. The Hall–Kier alpha value is -6.97. The summed E-state index contributed by atoms with van der Waals surface area (Å²) in [5.74, 6) is -7.82. The topological polar surface area (TPSA) is 461 Å². The standard InChI is InChI=1S/C79H120N22O16S3.4Mn/c102-69(103)53-94-35-29-90(30-36-95(54-70(104)105)46-60-10-1-9-59(45-94)86-60)25-5-19-80-77(118)81-20-8-28-93-41-43-100(67(75(114)115)17-23-84-78(119)82-21-6-26-91-31-37-96(55-71(106)107)47-61-11-2-12-62(87-61)48-97(38-32-91)56-72(108)109)51-65-15-4-16-66(89-65)52-101(44-42-93)68(76(116)117)18-24-85-79(120)83-22-7-27-92-33-39-98(57-73(110)111)49-63-13-3-14-64(88-63)50-99(40-34-92)58-74(112)113;;;;/h1-4,9-16,67-68H,5-8,17-58H2,(H,102,103)(H,104,105)(H,106,107)(H,108,109)(H,110,111)(H,112,113)(H,114,115)(H,116,117)(H2,80,81,118)(H2,82,84,119)(H2,83,85,120);;;;. The summed E-state index contributed by atoms with van der Waals surface area (Å²) in [7, 11) is 0. The number of pyridine rings is 4. The van der Waals surface area contributed by atoms with Crippen molar-refractivity contribution in [2.45, 2.75) is 103 Å². The number of aromatic nitrogens is 4. The number of carboxylic acid groups (broad SMARTS) is 8. The van der Waals surface area contributed by atoms with Gasteiger partial charge in [-0.2, -0.15) is 0 Å². The molecule has 0 aromatic carbocycles. The van der Waals surface area contributed by atoms with Crippen LogP contribution < -0.4 is 31.9 Å². The van der Waals surface area contributed by atoms with E-state index >= 15 is 0 Å². The van der Waals surface area contributed by atoms with Crippen LogP contribution in [0.2, 0.25) is 0 Å². The van der Waals surface area contributed by atoms with Crippen molar-refractivity contribution < 1.29 is 147 Å². The molecule has 0 aliphatic carbocycles. The SMILES string of the molecule is O=C(O)CN1CCN(CCCNC(=S)NCCCN2CCN(C(CCNC(=S)NCCCN3CCN(CC(=O)O)Cc4cccc(n4)CN(CC(=O)O)CC3)C(=O)O)Cc3cccc(n3)CN(C(CCNC(=S)NCCCN3CCN(CC(=O)O)Cc4cccc(n4)CN(CC(=O)O)CC3)C(=O)O)CC2)CCN(CC(=O)O)Cc2cccc(n2)C1.[Mn].[Mn].[Mn].[Mn]. The molecule has 124 heavy (non-hydrogen) atoms. The number of carbonyl (C=O) groups is 8. The van der Waals surface area contributed by atoms with Gasteiger partial charge in [0.25, 0.3) is 0 Å². The minimum atomic E-state index is -1.04. The second kappa shape index (κ2) is 59.9. The van der Waals surface area contributed by atoms with Gasteiger partial charge in [0.15, 0.2) is 15.3 Å². The maximum absolute atomic E-state index is 13.5. The second-order valence-electron chi connectivity index (χ2n) is 30.7. The molecule has 8 heterocycles. The van der Waals surface area contributed by atoms with Crippen LogP contribution in [0, 0.1) is 0 Å². The first-order valence-corrected chi connectivity index (χ1v) is 42.3. The van der Waals surface area contributed by atoms with E-state index in [1.54, 1.807) is 0 Å². The summed E-state index contributed by atoms with van der Waals surface area (Å²) < 4.78 is 0. The van der Waals surface area contributed by atoms with Gasteiger partial charge in [0.2, 0.25) is 0 Å². The predicted octanol–water partition coefficient (Wildman–Crippen LogP) is -0.818. The third-order valence-corrected chi connectivity index (χ3v) is 21.9. The van der Waals surface area contributed by atoms with Crippen molar-refractivity contribution >= 4 is 99.7 Å². The zero-order valence-electron chi connectivity index (χ0n) is 69.8. The van der Waals surface area contributed by atoms with Crippen LogP contribution in [-0.4, -0.2) is 404 Å². The predicted molar refractivity (Wildman–Crippen MR) is 457 cm³/mol. The van der Waals surface area contributed by atoms with Crippen LogP contribution in [0.25, 0.3) is 0 Å². The Balaban J connectivity index is 0.00000806. The molecule has 4 aliphatic rings. The molecular weight excluding hydrogens is 1830 g/mol. The number of carboxylic acids is 8. The van der Waals surface area contributed by atoms with E-state index in [0.717, 1.165) is 0 Å². The number of hydrogen-bond acceptors (Lipinski definition) is 27. The van der Waals surface area contributed by atoms with Crippen molar-refractivity contribution in [3.8, 4) is 0 Å². The monoisotopic (exact) mass is 1950 g/mol. The third-order valence-electron chi connectivity index (χ3n) is 21.1. The fraction of sp³-hybridized carbons (Fsp3) is 0.608. The number of aliphatic carboxylic acids is 8. The van der Waals surface area contributed by atoms with Gasteiger partial charge in [0.1, 0.15) is 12.1 Å². The number of thiocarbonyl (C=S) groups is 3. The first kappa shape index (κ1) is 109. The molecule has 14 N–H and O–H groups in total. The normalized spacial score (nSPS) is 17.4. The van der Waals surface area contributed by atoms with Crippen LogP contribution in [0.4, 0.5) is 0 Å². The van der Waals surface area contributed by atoms with E-state index in [1.165, 1.54) is 0 Å². The van der Waals surface area contributed by atoms with Gasteiger partial charge >= 0.3 is 47.8 Å². The quantitative estimate of drug-likeness (QED) is 0.0148. The van der Waals surface area contributed by atoms with Crippen molar-refractivity contribution in [2.24, 2.45) is 0 Å². The molecule has 4 aromatic heterocycles. The molecule has 8 bridgehead atoms. The first-order valence-electron chi connectivity index (χ1n) is 41.0. The van der Waals surface area contributed by atoms with Gasteiger partial charge in [0, 0.05) is 265 Å². The average Bonchev–Trinajstić information content (AvgIpc) is 0.841. The maximum atomic E-state index is 13.5. The molecule has 38 nitrogen and oxygen atoms in total.